The van der Waals surface area contributed by atoms with Gasteiger partial charge in [0.2, 0.25) is 0 Å². The van der Waals surface area contributed by atoms with Crippen LogP contribution in [0.3, 0.4) is 0 Å². The maximum atomic E-state index is 12.6. The van der Waals surface area contributed by atoms with Crippen molar-refractivity contribution in [2.24, 2.45) is 0 Å². The molecule has 0 spiro atoms. The lowest BCUT2D eigenvalue weighted by atomic mass is 10.2. The molecule has 1 aromatic heterocycles. The lowest BCUT2D eigenvalue weighted by Gasteiger charge is -2.12. The number of ether oxygens (including phenoxy) is 1. The summed E-state index contributed by atoms with van der Waals surface area (Å²) in [6, 6.07) is 14.5. The second-order valence-corrected chi connectivity index (χ2v) is 4.89. The third-order valence-corrected chi connectivity index (χ3v) is 3.35. The largest absolute Gasteiger partial charge is 0.474 e. The van der Waals surface area contributed by atoms with Crippen LogP contribution in [0.1, 0.15) is 6.92 Å². The fourth-order valence-electron chi connectivity index (χ4n) is 2.19. The van der Waals surface area contributed by atoms with Crippen LogP contribution in [0.4, 0.5) is 0 Å². The van der Waals surface area contributed by atoms with Gasteiger partial charge in [-0.1, -0.05) is 23.7 Å². The van der Waals surface area contributed by atoms with Gasteiger partial charge in [0.15, 0.2) is 0 Å². The molecule has 0 amide bonds. The van der Waals surface area contributed by atoms with Crippen LogP contribution >= 0.6 is 11.6 Å². The maximum Gasteiger partial charge on any atom is 0.318 e. The van der Waals surface area contributed by atoms with E-state index in [1.54, 1.807) is 28.8 Å². The minimum Gasteiger partial charge on any atom is -0.474 e. The first-order valence-corrected chi connectivity index (χ1v) is 6.99. The molecule has 0 aliphatic carbocycles. The van der Waals surface area contributed by atoms with E-state index in [4.69, 9.17) is 16.3 Å². The Morgan fingerprint density at radius 2 is 1.86 bits per heavy atom. The zero-order valence-electron chi connectivity index (χ0n) is 11.4. The van der Waals surface area contributed by atoms with Gasteiger partial charge in [-0.15, -0.1) is 0 Å². The molecule has 106 valence electrons. The first kappa shape index (κ1) is 13.6. The number of fused-ring (bicyclic) bond motifs is 1. The van der Waals surface area contributed by atoms with Crippen molar-refractivity contribution in [3.8, 4) is 11.6 Å². The van der Waals surface area contributed by atoms with E-state index in [0.29, 0.717) is 17.1 Å². The molecule has 1 heterocycles. The zero-order valence-corrected chi connectivity index (χ0v) is 12.2. The van der Waals surface area contributed by atoms with Gasteiger partial charge in [0.05, 0.1) is 17.6 Å². The molecule has 0 fully saturated rings. The van der Waals surface area contributed by atoms with E-state index in [9.17, 15) is 4.79 Å². The van der Waals surface area contributed by atoms with Crippen molar-refractivity contribution in [3.05, 3.63) is 63.9 Å². The Morgan fingerprint density at radius 3 is 2.57 bits per heavy atom. The molecule has 0 unspecified atom stereocenters. The summed E-state index contributed by atoms with van der Waals surface area (Å²) in [4.78, 5) is 16.9. The van der Waals surface area contributed by atoms with Gasteiger partial charge in [0, 0.05) is 10.7 Å². The predicted molar refractivity (Wildman–Crippen MR) is 83.5 cm³/mol. The van der Waals surface area contributed by atoms with Crippen LogP contribution in [0.2, 0.25) is 5.02 Å². The normalized spacial score (nSPS) is 10.8. The quantitative estimate of drug-likeness (QED) is 0.744. The van der Waals surface area contributed by atoms with E-state index in [0.717, 1.165) is 11.2 Å². The molecule has 0 aliphatic rings. The number of hydrogen-bond acceptors (Lipinski definition) is 3. The van der Waals surface area contributed by atoms with Crippen molar-refractivity contribution < 1.29 is 4.74 Å². The summed E-state index contributed by atoms with van der Waals surface area (Å²) in [5, 5.41) is 0.621. The Kier molecular flexibility index (Phi) is 3.62. The summed E-state index contributed by atoms with van der Waals surface area (Å²) < 4.78 is 6.95. The number of rotatable bonds is 3. The Bertz CT molecular complexity index is 841. The summed E-state index contributed by atoms with van der Waals surface area (Å²) in [6.07, 6.45) is 0. The molecule has 4 nitrogen and oxygen atoms in total. The van der Waals surface area contributed by atoms with E-state index in [1.807, 2.05) is 31.2 Å². The smallest absolute Gasteiger partial charge is 0.318 e. The Hall–Kier alpha value is -2.33. The Balaban J connectivity index is 2.35. The molecule has 21 heavy (non-hydrogen) atoms. The highest BCUT2D eigenvalue weighted by Gasteiger charge is 2.12. The van der Waals surface area contributed by atoms with Crippen LogP contribution in [0.15, 0.2) is 53.3 Å². The number of hydrogen-bond donors (Lipinski definition) is 0. The van der Waals surface area contributed by atoms with E-state index < -0.39 is 0 Å². The second kappa shape index (κ2) is 5.58. The van der Waals surface area contributed by atoms with Gasteiger partial charge in [-0.05, 0) is 43.3 Å². The summed E-state index contributed by atoms with van der Waals surface area (Å²) >= 11 is 5.91. The van der Waals surface area contributed by atoms with Gasteiger partial charge in [0.25, 0.3) is 5.88 Å². The van der Waals surface area contributed by atoms with Crippen LogP contribution in [0.5, 0.6) is 5.88 Å². The lowest BCUT2D eigenvalue weighted by molar-refractivity contribution is 0.322. The monoisotopic (exact) mass is 300 g/mol. The summed E-state index contributed by atoms with van der Waals surface area (Å²) in [7, 11) is 0. The second-order valence-electron chi connectivity index (χ2n) is 4.46. The van der Waals surface area contributed by atoms with Gasteiger partial charge in [-0.3, -0.25) is 9.36 Å². The summed E-state index contributed by atoms with van der Waals surface area (Å²) in [6.45, 7) is 2.21. The number of halogens is 1. The number of aromatic nitrogens is 2. The molecule has 3 rings (SSSR count). The van der Waals surface area contributed by atoms with Crippen molar-refractivity contribution >= 4 is 22.6 Å². The van der Waals surface area contributed by atoms with E-state index in [1.165, 1.54) is 0 Å². The van der Waals surface area contributed by atoms with Gasteiger partial charge < -0.3 is 4.74 Å². The van der Waals surface area contributed by atoms with E-state index >= 15 is 0 Å². The van der Waals surface area contributed by atoms with E-state index in [-0.39, 0.29) is 11.4 Å². The molecule has 3 aromatic rings. The van der Waals surface area contributed by atoms with Gasteiger partial charge in [-0.2, -0.15) is 0 Å². The fourth-order valence-corrected chi connectivity index (χ4v) is 2.31. The number of benzene rings is 2. The fraction of sp³-hybridized carbons (Fsp3) is 0.125. The summed E-state index contributed by atoms with van der Waals surface area (Å²) in [5.74, 6) is 0.103. The number of nitrogens with zero attached hydrogens (tertiary/aromatic N) is 2. The minimum absolute atomic E-state index is 0.103. The van der Waals surface area contributed by atoms with Crippen molar-refractivity contribution in [1.29, 1.82) is 0 Å². The molecule has 0 bridgehead atoms. The third kappa shape index (κ3) is 2.50. The maximum absolute atomic E-state index is 12.6. The first-order valence-electron chi connectivity index (χ1n) is 6.61. The number of para-hydroxylation sites is 2. The highest BCUT2D eigenvalue weighted by Crippen LogP contribution is 2.19. The molecule has 5 heteroatoms. The predicted octanol–water partition coefficient (Wildman–Crippen LogP) is 3.44. The molecule has 0 saturated carbocycles. The molecule has 0 radical (unpaired) electrons. The molecule has 2 aromatic carbocycles. The van der Waals surface area contributed by atoms with Crippen LogP contribution in [-0.2, 0) is 0 Å². The van der Waals surface area contributed by atoms with Crippen LogP contribution < -0.4 is 10.3 Å². The SMILES string of the molecule is CCOc1nc2ccccc2n(-c2ccc(Cl)cc2)c1=O. The van der Waals surface area contributed by atoms with Crippen molar-refractivity contribution in [1.82, 2.24) is 9.55 Å². The zero-order chi connectivity index (χ0) is 14.8. The molecular formula is C16H13ClN2O2. The molecule has 0 saturated heterocycles. The molecule has 0 aliphatic heterocycles. The Morgan fingerprint density at radius 1 is 1.14 bits per heavy atom. The average molecular weight is 301 g/mol. The first-order chi connectivity index (χ1) is 10.2. The van der Waals surface area contributed by atoms with Crippen molar-refractivity contribution in [2.45, 2.75) is 6.92 Å². The average Bonchev–Trinajstić information content (AvgIpc) is 2.50. The molecular weight excluding hydrogens is 288 g/mol. The van der Waals surface area contributed by atoms with Gasteiger partial charge in [-0.25, -0.2) is 4.98 Å². The third-order valence-electron chi connectivity index (χ3n) is 3.10. The lowest BCUT2D eigenvalue weighted by Crippen LogP contribution is -2.22. The van der Waals surface area contributed by atoms with E-state index in [2.05, 4.69) is 4.98 Å². The topological polar surface area (TPSA) is 44.1 Å². The van der Waals surface area contributed by atoms with Gasteiger partial charge >= 0.3 is 5.56 Å². The minimum atomic E-state index is -0.280. The van der Waals surface area contributed by atoms with Crippen LogP contribution in [0, 0.1) is 0 Å². The summed E-state index contributed by atoms with van der Waals surface area (Å²) in [5.41, 5.74) is 1.88. The van der Waals surface area contributed by atoms with Gasteiger partial charge in [0.1, 0.15) is 0 Å². The van der Waals surface area contributed by atoms with Crippen molar-refractivity contribution in [3.63, 3.8) is 0 Å². The molecule has 0 atom stereocenters. The standard InChI is InChI=1S/C16H13ClN2O2/c1-2-21-15-16(20)19(12-9-7-11(17)8-10-12)14-6-4-3-5-13(14)18-15/h3-10H,2H2,1H3. The molecule has 0 N–H and O–H groups in total. The Labute approximate surface area is 126 Å². The van der Waals surface area contributed by atoms with Crippen LogP contribution in [0.25, 0.3) is 16.7 Å². The highest BCUT2D eigenvalue weighted by atomic mass is 35.5. The van der Waals surface area contributed by atoms with Crippen molar-refractivity contribution in [2.75, 3.05) is 6.61 Å². The van der Waals surface area contributed by atoms with Crippen LogP contribution in [-0.4, -0.2) is 16.2 Å². The highest BCUT2D eigenvalue weighted by molar-refractivity contribution is 6.30.